The van der Waals surface area contributed by atoms with E-state index < -0.39 is 48.1 Å². The molecule has 2 rings (SSSR count). The maximum atomic E-state index is 14.4. The molecule has 154 valence electrons. The first-order chi connectivity index (χ1) is 12.8. The molecule has 1 saturated heterocycles. The number of ether oxygens (including phenoxy) is 1. The van der Waals surface area contributed by atoms with Gasteiger partial charge in [-0.3, -0.25) is 0 Å². The van der Waals surface area contributed by atoms with Gasteiger partial charge in [-0.15, -0.1) is 0 Å². The maximum Gasteiger partial charge on any atom is 0.328 e. The Bertz CT molecular complexity index is 548. The summed E-state index contributed by atoms with van der Waals surface area (Å²) in [5.41, 5.74) is 0. The van der Waals surface area contributed by atoms with Gasteiger partial charge in [-0.2, -0.15) is 0 Å². The van der Waals surface area contributed by atoms with Crippen LogP contribution < -0.4 is 0 Å². The number of carboxylic acids is 1. The van der Waals surface area contributed by atoms with Gasteiger partial charge in [-0.25, -0.2) is 13.6 Å². The minimum Gasteiger partial charge on any atom is -0.478 e. The monoisotopic (exact) mass is 388 g/mol. The zero-order valence-electron chi connectivity index (χ0n) is 15.6. The molecule has 0 radical (unpaired) electrons. The van der Waals surface area contributed by atoms with Gasteiger partial charge in [-0.05, 0) is 37.5 Å². The fourth-order valence-corrected chi connectivity index (χ4v) is 4.18. The van der Waals surface area contributed by atoms with Crippen LogP contribution in [0.15, 0.2) is 24.3 Å². The van der Waals surface area contributed by atoms with Gasteiger partial charge in [0, 0.05) is 6.08 Å². The number of hydrogen-bond donors (Lipinski definition) is 3. The Morgan fingerprint density at radius 3 is 2.70 bits per heavy atom. The maximum absolute atomic E-state index is 14.4. The van der Waals surface area contributed by atoms with Crippen molar-refractivity contribution in [1.29, 1.82) is 0 Å². The summed E-state index contributed by atoms with van der Waals surface area (Å²) in [6.07, 6.45) is 5.88. The molecule has 3 N–H and O–H groups in total. The van der Waals surface area contributed by atoms with Crippen molar-refractivity contribution in [3.05, 3.63) is 24.3 Å². The number of carbonyl (C=O) groups is 1. The molecule has 1 saturated carbocycles. The molecular formula is C20H30F2O5. The average molecular weight is 388 g/mol. The number of aliphatic hydroxyl groups is 2. The summed E-state index contributed by atoms with van der Waals surface area (Å²) in [5.74, 6) is -5.49. The van der Waals surface area contributed by atoms with E-state index in [1.54, 1.807) is 6.08 Å². The van der Waals surface area contributed by atoms with E-state index in [1.807, 2.05) is 0 Å². The van der Waals surface area contributed by atoms with E-state index in [0.717, 1.165) is 25.3 Å². The highest BCUT2D eigenvalue weighted by molar-refractivity contribution is 5.80. The van der Waals surface area contributed by atoms with Crippen molar-refractivity contribution >= 4 is 5.97 Å². The lowest BCUT2D eigenvalue weighted by Crippen LogP contribution is -2.40. The van der Waals surface area contributed by atoms with Crippen molar-refractivity contribution in [1.82, 2.24) is 0 Å². The Morgan fingerprint density at radius 2 is 2.04 bits per heavy atom. The van der Waals surface area contributed by atoms with E-state index in [1.165, 1.54) is 12.2 Å². The van der Waals surface area contributed by atoms with Gasteiger partial charge in [0.25, 0.3) is 5.92 Å². The van der Waals surface area contributed by atoms with Gasteiger partial charge in [0.15, 0.2) is 0 Å². The summed E-state index contributed by atoms with van der Waals surface area (Å²) in [7, 11) is 0. The number of rotatable bonds is 10. The van der Waals surface area contributed by atoms with E-state index in [-0.39, 0.29) is 0 Å². The fraction of sp³-hybridized carbons (Fsp3) is 0.750. The van der Waals surface area contributed by atoms with Crippen molar-refractivity contribution in [2.45, 2.75) is 82.2 Å². The Hall–Kier alpha value is -1.31. The highest BCUT2D eigenvalue weighted by Gasteiger charge is 2.65. The van der Waals surface area contributed by atoms with Crippen LogP contribution in [-0.2, 0) is 9.53 Å². The summed E-state index contributed by atoms with van der Waals surface area (Å²) in [5, 5.41) is 28.7. The molecule has 7 heteroatoms. The van der Waals surface area contributed by atoms with Gasteiger partial charge in [0.05, 0.1) is 12.2 Å². The third-order valence-electron chi connectivity index (χ3n) is 5.59. The quantitative estimate of drug-likeness (QED) is 0.304. The molecule has 2 fully saturated rings. The van der Waals surface area contributed by atoms with E-state index in [4.69, 9.17) is 9.84 Å². The molecule has 1 aliphatic heterocycles. The molecule has 2 unspecified atom stereocenters. The second kappa shape index (κ2) is 9.75. The van der Waals surface area contributed by atoms with E-state index in [2.05, 4.69) is 6.92 Å². The number of unbranched alkanes of at least 4 members (excludes halogenated alkanes) is 2. The number of allylic oxidation sites excluding steroid dienone is 2. The highest BCUT2D eigenvalue weighted by Crippen LogP contribution is 2.53. The van der Waals surface area contributed by atoms with Crippen molar-refractivity contribution < 1.29 is 33.6 Å². The second-order valence-corrected chi connectivity index (χ2v) is 7.59. The predicted molar refractivity (Wildman–Crippen MR) is 96.5 cm³/mol. The number of aliphatic carboxylic acids is 1. The van der Waals surface area contributed by atoms with Crippen LogP contribution in [0.3, 0.4) is 0 Å². The van der Waals surface area contributed by atoms with Gasteiger partial charge in [0.1, 0.15) is 12.2 Å². The van der Waals surface area contributed by atoms with Crippen LogP contribution >= 0.6 is 0 Å². The first-order valence-corrected chi connectivity index (χ1v) is 9.74. The molecule has 27 heavy (non-hydrogen) atoms. The Kier molecular flexibility index (Phi) is 7.94. The molecule has 0 spiro atoms. The summed E-state index contributed by atoms with van der Waals surface area (Å²) >= 11 is 0. The molecule has 0 aromatic carbocycles. The number of hydrogen-bond acceptors (Lipinski definition) is 4. The van der Waals surface area contributed by atoms with Crippen LogP contribution in [0, 0.1) is 11.8 Å². The average Bonchev–Trinajstić information content (AvgIpc) is 3.09. The zero-order valence-corrected chi connectivity index (χ0v) is 15.6. The molecular weight excluding hydrogens is 358 g/mol. The van der Waals surface area contributed by atoms with Crippen molar-refractivity contribution in [3.8, 4) is 0 Å². The molecule has 1 heterocycles. The molecule has 0 bridgehead atoms. The van der Waals surface area contributed by atoms with E-state index in [0.29, 0.717) is 25.7 Å². The first kappa shape index (κ1) is 22.0. The lowest BCUT2D eigenvalue weighted by molar-refractivity contribution is -0.165. The number of fused-ring (bicyclic) bond motifs is 1. The number of halogens is 2. The van der Waals surface area contributed by atoms with Crippen molar-refractivity contribution in [2.24, 2.45) is 11.8 Å². The van der Waals surface area contributed by atoms with Crippen LogP contribution in [0.25, 0.3) is 0 Å². The van der Waals surface area contributed by atoms with Crippen molar-refractivity contribution in [3.63, 3.8) is 0 Å². The van der Waals surface area contributed by atoms with Crippen LogP contribution in [0.4, 0.5) is 8.78 Å². The van der Waals surface area contributed by atoms with Crippen LogP contribution in [0.1, 0.15) is 51.9 Å². The first-order valence-electron chi connectivity index (χ1n) is 9.74. The highest BCUT2D eigenvalue weighted by atomic mass is 19.3. The Balaban J connectivity index is 1.93. The van der Waals surface area contributed by atoms with E-state index >= 15 is 0 Å². The standard InChI is InChI=1S/C20H30F2O5/c1-2-3-4-7-13(23)10-11-15-16-12-14(8-5-6-9-17(24)25)27-19(16)20(21,22)18(15)26/h5-6,8-9,13-16,18-19,23,26H,2-4,7,10-12H2,1H3,(H,24,25)/b8-5-,9-6?/t13-,14?,15+,16+,18-,19?/m0/s1. The normalized spacial score (nSPS) is 33.7. The predicted octanol–water partition coefficient (Wildman–Crippen LogP) is 3.30. The Labute approximate surface area is 158 Å². The molecule has 0 aromatic heterocycles. The largest absolute Gasteiger partial charge is 0.478 e. The van der Waals surface area contributed by atoms with Crippen molar-refractivity contribution in [2.75, 3.05) is 0 Å². The zero-order chi connectivity index (χ0) is 20.0. The molecule has 1 aliphatic carbocycles. The molecule has 0 amide bonds. The lowest BCUT2D eigenvalue weighted by Gasteiger charge is -2.24. The number of carboxylic acid groups (broad SMARTS) is 1. The third kappa shape index (κ3) is 5.59. The molecule has 0 aromatic rings. The summed E-state index contributed by atoms with van der Waals surface area (Å²) in [6, 6.07) is 0. The minimum atomic E-state index is -3.32. The Morgan fingerprint density at radius 1 is 1.30 bits per heavy atom. The summed E-state index contributed by atoms with van der Waals surface area (Å²) in [4.78, 5) is 10.4. The molecule has 5 nitrogen and oxygen atoms in total. The smallest absolute Gasteiger partial charge is 0.328 e. The lowest BCUT2D eigenvalue weighted by atomic mass is 9.86. The topological polar surface area (TPSA) is 87.0 Å². The van der Waals surface area contributed by atoms with Gasteiger partial charge in [-0.1, -0.05) is 44.4 Å². The number of aliphatic hydroxyl groups excluding tert-OH is 2. The van der Waals surface area contributed by atoms with Crippen LogP contribution in [-0.4, -0.2) is 51.6 Å². The van der Waals surface area contributed by atoms with Gasteiger partial charge >= 0.3 is 5.97 Å². The van der Waals surface area contributed by atoms with Gasteiger partial charge in [0.2, 0.25) is 0 Å². The van der Waals surface area contributed by atoms with Crippen LogP contribution in [0.2, 0.25) is 0 Å². The number of alkyl halides is 2. The fourth-order valence-electron chi connectivity index (χ4n) is 4.18. The second-order valence-electron chi connectivity index (χ2n) is 7.59. The SMILES string of the molecule is CCCCC[C@H](O)CC[C@@H]1[C@H]2CC(/C=C\C=CC(=O)O)OC2C(F)(F)[C@H]1O. The minimum absolute atomic E-state index is 0.337. The van der Waals surface area contributed by atoms with Crippen LogP contribution in [0.5, 0.6) is 0 Å². The molecule has 6 atom stereocenters. The van der Waals surface area contributed by atoms with Gasteiger partial charge < -0.3 is 20.1 Å². The summed E-state index contributed by atoms with van der Waals surface area (Å²) in [6.45, 7) is 2.08. The third-order valence-corrected chi connectivity index (χ3v) is 5.59. The molecule has 2 aliphatic rings. The summed E-state index contributed by atoms with van der Waals surface area (Å²) < 4.78 is 34.3. The van der Waals surface area contributed by atoms with E-state index in [9.17, 15) is 23.8 Å².